The highest BCUT2D eigenvalue weighted by molar-refractivity contribution is 7.90. The number of hydrogen-bond acceptors (Lipinski definition) is 3. The maximum Gasteiger partial charge on any atom is 0.175 e. The van der Waals surface area contributed by atoms with Gasteiger partial charge in [-0.2, -0.15) is 0 Å². The molecule has 19 heavy (non-hydrogen) atoms. The Hall–Kier alpha value is -1.13. The van der Waals surface area contributed by atoms with Crippen molar-refractivity contribution in [3.63, 3.8) is 0 Å². The molecule has 2 rings (SSSR count). The van der Waals surface area contributed by atoms with Crippen LogP contribution in [-0.4, -0.2) is 32.7 Å². The molecule has 0 N–H and O–H groups in total. The second-order valence-corrected chi connectivity index (χ2v) is 7.07. The SMILES string of the molecule is CCCN1CC=CCC1c1ccc(S(C)(=O)=O)cc1. The van der Waals surface area contributed by atoms with Crippen LogP contribution in [0.3, 0.4) is 0 Å². The lowest BCUT2D eigenvalue weighted by Crippen LogP contribution is -2.31. The Labute approximate surface area is 115 Å². The second kappa shape index (κ2) is 5.88. The molecule has 0 radical (unpaired) electrons. The molecule has 0 amide bonds. The van der Waals surface area contributed by atoms with Crippen LogP contribution in [-0.2, 0) is 9.84 Å². The van der Waals surface area contributed by atoms with Crippen molar-refractivity contribution in [3.8, 4) is 0 Å². The summed E-state index contributed by atoms with van der Waals surface area (Å²) in [4.78, 5) is 2.83. The van der Waals surface area contributed by atoms with Gasteiger partial charge in [-0.3, -0.25) is 4.90 Å². The average Bonchev–Trinajstić information content (AvgIpc) is 2.39. The van der Waals surface area contributed by atoms with Crippen LogP contribution in [0.1, 0.15) is 31.4 Å². The van der Waals surface area contributed by atoms with Crippen molar-refractivity contribution < 1.29 is 8.42 Å². The fraction of sp³-hybridized carbons (Fsp3) is 0.467. The number of hydrogen-bond donors (Lipinski definition) is 0. The number of benzene rings is 1. The summed E-state index contributed by atoms with van der Waals surface area (Å²) < 4.78 is 22.9. The maximum atomic E-state index is 11.5. The van der Waals surface area contributed by atoms with Gasteiger partial charge in [0.1, 0.15) is 0 Å². The topological polar surface area (TPSA) is 37.4 Å². The number of nitrogens with zero attached hydrogens (tertiary/aromatic N) is 1. The molecule has 1 aromatic carbocycles. The Morgan fingerprint density at radius 1 is 1.21 bits per heavy atom. The van der Waals surface area contributed by atoms with Gasteiger partial charge in [-0.15, -0.1) is 0 Å². The van der Waals surface area contributed by atoms with Gasteiger partial charge in [-0.25, -0.2) is 8.42 Å². The molecule has 0 saturated heterocycles. The van der Waals surface area contributed by atoms with Gasteiger partial charge in [0.25, 0.3) is 0 Å². The minimum atomic E-state index is -3.10. The molecule has 0 spiro atoms. The minimum absolute atomic E-state index is 0.374. The first kappa shape index (κ1) is 14.3. The Bertz CT molecular complexity index is 546. The van der Waals surface area contributed by atoms with Gasteiger partial charge in [0.15, 0.2) is 9.84 Å². The lowest BCUT2D eigenvalue weighted by Gasteiger charge is -2.33. The predicted molar refractivity (Wildman–Crippen MR) is 77.9 cm³/mol. The fourth-order valence-corrected chi connectivity index (χ4v) is 3.16. The third kappa shape index (κ3) is 3.45. The van der Waals surface area contributed by atoms with E-state index >= 15 is 0 Å². The predicted octanol–water partition coefficient (Wildman–Crippen LogP) is 2.80. The molecular formula is C15H21NO2S. The summed E-state index contributed by atoms with van der Waals surface area (Å²) in [6, 6.07) is 7.70. The maximum absolute atomic E-state index is 11.5. The Morgan fingerprint density at radius 2 is 1.89 bits per heavy atom. The summed E-state index contributed by atoms with van der Waals surface area (Å²) in [7, 11) is -3.10. The Balaban J connectivity index is 2.23. The number of sulfone groups is 1. The normalized spacial score (nSPS) is 20.6. The van der Waals surface area contributed by atoms with E-state index in [0.717, 1.165) is 25.9 Å². The fourth-order valence-electron chi connectivity index (χ4n) is 2.53. The van der Waals surface area contributed by atoms with Gasteiger partial charge in [-0.1, -0.05) is 31.2 Å². The molecule has 0 saturated carbocycles. The average molecular weight is 279 g/mol. The zero-order chi connectivity index (χ0) is 13.9. The highest BCUT2D eigenvalue weighted by Crippen LogP contribution is 2.28. The van der Waals surface area contributed by atoms with E-state index in [1.54, 1.807) is 12.1 Å². The lowest BCUT2D eigenvalue weighted by atomic mass is 9.99. The molecule has 0 aromatic heterocycles. The summed E-state index contributed by atoms with van der Waals surface area (Å²) in [6.07, 6.45) is 7.79. The van der Waals surface area contributed by atoms with Gasteiger partial charge in [0.05, 0.1) is 4.90 Å². The van der Waals surface area contributed by atoms with E-state index in [9.17, 15) is 8.42 Å². The van der Waals surface area contributed by atoms with E-state index in [1.807, 2.05) is 12.1 Å². The van der Waals surface area contributed by atoms with Crippen LogP contribution in [0.15, 0.2) is 41.3 Å². The van der Waals surface area contributed by atoms with Crippen LogP contribution in [0, 0.1) is 0 Å². The van der Waals surface area contributed by atoms with Crippen molar-refractivity contribution in [1.29, 1.82) is 0 Å². The first-order valence-corrected chi connectivity index (χ1v) is 8.60. The van der Waals surface area contributed by atoms with Crippen LogP contribution in [0.2, 0.25) is 0 Å². The van der Waals surface area contributed by atoms with Crippen molar-refractivity contribution in [2.45, 2.75) is 30.7 Å². The van der Waals surface area contributed by atoms with Crippen molar-refractivity contribution >= 4 is 9.84 Å². The molecule has 1 heterocycles. The smallest absolute Gasteiger partial charge is 0.175 e. The molecule has 0 aliphatic carbocycles. The standard InChI is InChI=1S/C15H21NO2S/c1-3-11-16-12-5-4-6-15(16)13-7-9-14(10-8-13)19(2,17)18/h4-5,7-10,15H,3,6,11-12H2,1-2H3. The monoisotopic (exact) mass is 279 g/mol. The quantitative estimate of drug-likeness (QED) is 0.795. The van der Waals surface area contributed by atoms with E-state index in [4.69, 9.17) is 0 Å². The molecular weight excluding hydrogens is 258 g/mol. The van der Waals surface area contributed by atoms with Crippen LogP contribution < -0.4 is 0 Å². The van der Waals surface area contributed by atoms with Crippen LogP contribution in [0.5, 0.6) is 0 Å². The van der Waals surface area contributed by atoms with Gasteiger partial charge in [0, 0.05) is 18.8 Å². The molecule has 1 atom stereocenters. The van der Waals surface area contributed by atoms with E-state index in [0.29, 0.717) is 10.9 Å². The van der Waals surface area contributed by atoms with Gasteiger partial charge >= 0.3 is 0 Å². The molecule has 104 valence electrons. The van der Waals surface area contributed by atoms with Gasteiger partial charge < -0.3 is 0 Å². The highest BCUT2D eigenvalue weighted by Gasteiger charge is 2.20. The third-order valence-electron chi connectivity index (χ3n) is 3.51. The summed E-state index contributed by atoms with van der Waals surface area (Å²) >= 11 is 0. The molecule has 0 bridgehead atoms. The molecule has 1 aromatic rings. The van der Waals surface area contributed by atoms with Crippen molar-refractivity contribution in [2.24, 2.45) is 0 Å². The summed E-state index contributed by atoms with van der Waals surface area (Å²) in [5.41, 5.74) is 1.20. The highest BCUT2D eigenvalue weighted by atomic mass is 32.2. The van der Waals surface area contributed by atoms with Gasteiger partial charge in [0.2, 0.25) is 0 Å². The van der Waals surface area contributed by atoms with Crippen molar-refractivity contribution in [3.05, 3.63) is 42.0 Å². The van der Waals surface area contributed by atoms with Crippen LogP contribution >= 0.6 is 0 Å². The molecule has 0 fully saturated rings. The second-order valence-electron chi connectivity index (χ2n) is 5.06. The van der Waals surface area contributed by atoms with Crippen molar-refractivity contribution in [1.82, 2.24) is 4.90 Å². The van der Waals surface area contributed by atoms with E-state index in [1.165, 1.54) is 11.8 Å². The van der Waals surface area contributed by atoms with Crippen molar-refractivity contribution in [2.75, 3.05) is 19.3 Å². The van der Waals surface area contributed by atoms with Gasteiger partial charge in [-0.05, 0) is 37.1 Å². The first-order valence-electron chi connectivity index (χ1n) is 6.71. The minimum Gasteiger partial charge on any atom is -0.292 e. The van der Waals surface area contributed by atoms with Crippen LogP contribution in [0.4, 0.5) is 0 Å². The molecule has 1 unspecified atom stereocenters. The summed E-state index contributed by atoms with van der Waals surface area (Å²) in [6.45, 7) is 4.23. The Kier molecular flexibility index (Phi) is 4.42. The van der Waals surface area contributed by atoms with E-state index in [-0.39, 0.29) is 0 Å². The zero-order valence-corrected chi connectivity index (χ0v) is 12.4. The largest absolute Gasteiger partial charge is 0.292 e. The van der Waals surface area contributed by atoms with Crippen LogP contribution in [0.25, 0.3) is 0 Å². The van der Waals surface area contributed by atoms with E-state index in [2.05, 4.69) is 24.0 Å². The number of rotatable bonds is 4. The first-order chi connectivity index (χ1) is 9.02. The summed E-state index contributed by atoms with van der Waals surface area (Å²) in [5, 5.41) is 0. The molecule has 4 heteroatoms. The molecule has 3 nitrogen and oxygen atoms in total. The third-order valence-corrected chi connectivity index (χ3v) is 4.64. The summed E-state index contributed by atoms with van der Waals surface area (Å²) in [5.74, 6) is 0. The lowest BCUT2D eigenvalue weighted by molar-refractivity contribution is 0.211. The molecule has 1 aliphatic rings. The van der Waals surface area contributed by atoms with E-state index < -0.39 is 9.84 Å². The zero-order valence-electron chi connectivity index (χ0n) is 11.5. The molecule has 1 aliphatic heterocycles. The Morgan fingerprint density at radius 3 is 2.47 bits per heavy atom.